The van der Waals surface area contributed by atoms with Crippen LogP contribution < -0.4 is 15.2 Å². The molecule has 0 bridgehead atoms. The van der Waals surface area contributed by atoms with E-state index in [0.29, 0.717) is 23.6 Å². The molecule has 4 rings (SSSR count). The van der Waals surface area contributed by atoms with Crippen LogP contribution in [0.25, 0.3) is 0 Å². The van der Waals surface area contributed by atoms with Crippen molar-refractivity contribution < 1.29 is 26.9 Å². The summed E-state index contributed by atoms with van der Waals surface area (Å²) >= 11 is -1.86. The van der Waals surface area contributed by atoms with Crippen molar-refractivity contribution in [1.29, 1.82) is 0 Å². The van der Waals surface area contributed by atoms with Crippen LogP contribution in [0.2, 0.25) is 0 Å². The Kier molecular flexibility index (Phi) is 10.1. The Morgan fingerprint density at radius 2 is 1.86 bits per heavy atom. The second kappa shape index (κ2) is 12.6. The van der Waals surface area contributed by atoms with Gasteiger partial charge in [-0.1, -0.05) is 26.3 Å². The number of amides is 1. The minimum atomic E-state index is -4.48. The predicted octanol–water partition coefficient (Wildman–Crippen LogP) is 3.57. The fraction of sp³-hybridized carbons (Fsp3) is 0.708. The summed E-state index contributed by atoms with van der Waals surface area (Å²) in [6.07, 6.45) is 1.04. The van der Waals surface area contributed by atoms with Gasteiger partial charge in [0, 0.05) is 44.3 Å². The number of nitrogens with two attached hydrogens (primary N) is 1. The molecule has 0 aromatic heterocycles. The SMILES string of the molecule is CCC.NS(=O)NC1CN(C(=O)[C@H]2CCC(NC3CCOCC3)C2)Cc2cc(C(F)(F)F)ccc21. The van der Waals surface area contributed by atoms with Crippen LogP contribution in [0.15, 0.2) is 18.2 Å². The number of fused-ring (bicyclic) bond motifs is 1. The molecule has 1 saturated carbocycles. The Hall–Kier alpha value is -1.53. The monoisotopic (exact) mass is 518 g/mol. The molecular formula is C24H37F3N4O3S. The average molecular weight is 519 g/mol. The Morgan fingerprint density at radius 3 is 2.49 bits per heavy atom. The molecule has 3 unspecified atom stereocenters. The molecular weight excluding hydrogens is 481 g/mol. The molecule has 2 heterocycles. The summed E-state index contributed by atoms with van der Waals surface area (Å²) in [6, 6.07) is 3.53. The van der Waals surface area contributed by atoms with Gasteiger partial charge in [0.2, 0.25) is 5.91 Å². The number of alkyl halides is 3. The maximum Gasteiger partial charge on any atom is 0.416 e. The standard InChI is InChI=1S/C21H29F3N4O3S.C3H8/c22-21(23,24)15-2-4-18-14(9-15)11-28(12-19(18)27-32(25)30)20(29)13-1-3-17(10-13)26-16-5-7-31-8-6-16;1-3-2/h2,4,9,13,16-17,19,26-27H,1,3,5-8,10-12,25H2;3H2,1-2H3/t13-,17?,19?,32?;/m0./s1. The molecule has 11 heteroatoms. The zero-order valence-corrected chi connectivity index (χ0v) is 21.2. The van der Waals surface area contributed by atoms with Gasteiger partial charge in [-0.05, 0) is 55.4 Å². The lowest BCUT2D eigenvalue weighted by molar-refractivity contribution is -0.137. The second-order valence-electron chi connectivity index (χ2n) is 9.57. The van der Waals surface area contributed by atoms with Crippen molar-refractivity contribution in [2.75, 3.05) is 19.8 Å². The van der Waals surface area contributed by atoms with Gasteiger partial charge in [-0.2, -0.15) is 13.2 Å². The molecule has 2 aliphatic heterocycles. The summed E-state index contributed by atoms with van der Waals surface area (Å²) in [7, 11) is 0. The first-order valence-corrected chi connectivity index (χ1v) is 13.6. The van der Waals surface area contributed by atoms with E-state index in [1.54, 1.807) is 4.90 Å². The lowest BCUT2D eigenvalue weighted by Crippen LogP contribution is -2.46. The van der Waals surface area contributed by atoms with Crippen molar-refractivity contribution in [3.63, 3.8) is 0 Å². The molecule has 0 spiro atoms. The number of hydrogen-bond acceptors (Lipinski definition) is 4. The zero-order valence-electron chi connectivity index (χ0n) is 20.4. The van der Waals surface area contributed by atoms with E-state index in [-0.39, 0.29) is 31.0 Å². The first-order chi connectivity index (χ1) is 16.6. The fourth-order valence-electron chi connectivity index (χ4n) is 5.07. The number of nitrogens with zero attached hydrogens (tertiary/aromatic N) is 1. The molecule has 2 fully saturated rings. The normalized spacial score (nSPS) is 26.0. The molecule has 4 atom stereocenters. The van der Waals surface area contributed by atoms with Gasteiger partial charge in [0.15, 0.2) is 11.2 Å². The first kappa shape index (κ1) is 28.0. The van der Waals surface area contributed by atoms with E-state index in [0.717, 1.165) is 51.0 Å². The third-order valence-electron chi connectivity index (χ3n) is 6.65. The van der Waals surface area contributed by atoms with Gasteiger partial charge in [0.25, 0.3) is 0 Å². The number of benzene rings is 1. The van der Waals surface area contributed by atoms with E-state index in [2.05, 4.69) is 23.9 Å². The maximum atomic E-state index is 13.3. The Labute approximate surface area is 208 Å². The highest BCUT2D eigenvalue weighted by atomic mass is 32.2. The number of nitrogens with one attached hydrogen (secondary N) is 2. The van der Waals surface area contributed by atoms with Crippen molar-refractivity contribution in [2.45, 2.75) is 83.2 Å². The average Bonchev–Trinajstić information content (AvgIpc) is 3.26. The highest BCUT2D eigenvalue weighted by Crippen LogP contribution is 2.36. The summed E-state index contributed by atoms with van der Waals surface area (Å²) in [4.78, 5) is 14.9. The summed E-state index contributed by atoms with van der Waals surface area (Å²) < 4.78 is 59.3. The number of hydrogen-bond donors (Lipinski definition) is 3. The minimum Gasteiger partial charge on any atom is -0.381 e. The lowest BCUT2D eigenvalue weighted by Gasteiger charge is -2.36. The van der Waals surface area contributed by atoms with Gasteiger partial charge >= 0.3 is 6.18 Å². The third-order valence-corrected chi connectivity index (χ3v) is 7.17. The van der Waals surface area contributed by atoms with Crippen molar-refractivity contribution in [1.82, 2.24) is 14.9 Å². The number of halogens is 3. The summed E-state index contributed by atoms with van der Waals surface area (Å²) in [6.45, 7) is 6.06. The van der Waals surface area contributed by atoms with Crippen molar-refractivity contribution in [3.8, 4) is 0 Å². The van der Waals surface area contributed by atoms with E-state index in [1.165, 1.54) is 12.5 Å². The van der Waals surface area contributed by atoms with Crippen molar-refractivity contribution in [2.24, 2.45) is 11.1 Å². The summed E-state index contributed by atoms with van der Waals surface area (Å²) in [5.74, 6) is -0.248. The van der Waals surface area contributed by atoms with E-state index < -0.39 is 29.0 Å². The smallest absolute Gasteiger partial charge is 0.381 e. The minimum absolute atomic E-state index is 0.0704. The topological polar surface area (TPSA) is 96.7 Å². The summed E-state index contributed by atoms with van der Waals surface area (Å²) in [5.41, 5.74) is 0.225. The Morgan fingerprint density at radius 1 is 1.17 bits per heavy atom. The molecule has 7 nitrogen and oxygen atoms in total. The molecule has 1 aliphatic carbocycles. The van der Waals surface area contributed by atoms with E-state index in [4.69, 9.17) is 9.88 Å². The Bertz CT molecular complexity index is 880. The number of carbonyl (C=O) groups excluding carboxylic acids is 1. The van der Waals surface area contributed by atoms with E-state index in [1.807, 2.05) is 0 Å². The van der Waals surface area contributed by atoms with Crippen molar-refractivity contribution in [3.05, 3.63) is 34.9 Å². The largest absolute Gasteiger partial charge is 0.416 e. The summed E-state index contributed by atoms with van der Waals surface area (Å²) in [5, 5.41) is 9.03. The van der Waals surface area contributed by atoms with Crippen molar-refractivity contribution >= 4 is 17.1 Å². The number of carbonyl (C=O) groups is 1. The van der Waals surface area contributed by atoms with E-state index in [9.17, 15) is 22.2 Å². The second-order valence-corrected chi connectivity index (χ2v) is 10.4. The molecule has 3 aliphatic rings. The molecule has 1 saturated heterocycles. The highest BCUT2D eigenvalue weighted by Gasteiger charge is 2.38. The zero-order chi connectivity index (χ0) is 25.6. The van der Waals surface area contributed by atoms with Gasteiger partial charge in [-0.25, -0.2) is 14.1 Å². The maximum absolute atomic E-state index is 13.3. The first-order valence-electron chi connectivity index (χ1n) is 12.4. The number of rotatable bonds is 5. The van der Waals surface area contributed by atoms with Crippen LogP contribution in [-0.4, -0.2) is 46.9 Å². The molecule has 198 valence electrons. The Balaban J connectivity index is 0.00000108. The van der Waals surface area contributed by atoms with Crippen LogP contribution in [0.1, 0.15) is 75.1 Å². The predicted molar refractivity (Wildman–Crippen MR) is 129 cm³/mol. The van der Waals surface area contributed by atoms with Crippen LogP contribution in [0.5, 0.6) is 0 Å². The van der Waals surface area contributed by atoms with Crippen LogP contribution in [0, 0.1) is 5.92 Å². The number of ether oxygens (including phenoxy) is 1. The van der Waals surface area contributed by atoms with E-state index >= 15 is 0 Å². The quantitative estimate of drug-likeness (QED) is 0.555. The van der Waals surface area contributed by atoms with Gasteiger partial charge < -0.3 is 15.0 Å². The van der Waals surface area contributed by atoms with Crippen LogP contribution >= 0.6 is 0 Å². The van der Waals surface area contributed by atoms with Gasteiger partial charge in [0.1, 0.15) is 0 Å². The fourth-order valence-corrected chi connectivity index (χ4v) is 5.55. The molecule has 0 radical (unpaired) electrons. The molecule has 1 aromatic rings. The third kappa shape index (κ3) is 7.72. The van der Waals surface area contributed by atoms with Crippen LogP contribution in [0.3, 0.4) is 0 Å². The van der Waals surface area contributed by atoms with Crippen LogP contribution in [-0.2, 0) is 33.4 Å². The van der Waals surface area contributed by atoms with Gasteiger partial charge in [-0.15, -0.1) is 0 Å². The van der Waals surface area contributed by atoms with Gasteiger partial charge in [0.05, 0.1) is 11.6 Å². The van der Waals surface area contributed by atoms with Crippen LogP contribution in [0.4, 0.5) is 13.2 Å². The molecule has 1 aromatic carbocycles. The molecule has 1 amide bonds. The highest BCUT2D eigenvalue weighted by molar-refractivity contribution is 7.80. The van der Waals surface area contributed by atoms with Gasteiger partial charge in [-0.3, -0.25) is 4.79 Å². The lowest BCUT2D eigenvalue weighted by atomic mass is 9.92. The molecule has 35 heavy (non-hydrogen) atoms. The molecule has 4 N–H and O–H groups in total.